The molecule has 0 aromatic heterocycles. The number of hydrogen-bond acceptors (Lipinski definition) is 11. The molecule has 1 amide bonds. The summed E-state index contributed by atoms with van der Waals surface area (Å²) in [6.45, 7) is 18.2. The number of allylic oxidation sites excluding steroid dienone is 5. The maximum atomic E-state index is 15.6. The van der Waals surface area contributed by atoms with Gasteiger partial charge in [-0.15, -0.1) is 0 Å². The highest BCUT2D eigenvalue weighted by molar-refractivity contribution is 6.19. The van der Waals surface area contributed by atoms with Crippen molar-refractivity contribution in [1.29, 1.82) is 0 Å². The van der Waals surface area contributed by atoms with Crippen LogP contribution in [0.1, 0.15) is 115 Å². The molecule has 12 nitrogen and oxygen atoms in total. The van der Waals surface area contributed by atoms with E-state index < -0.39 is 52.0 Å². The van der Waals surface area contributed by atoms with Crippen LogP contribution in [0.15, 0.2) is 52.7 Å². The molecule has 4 bridgehead atoms. The summed E-state index contributed by atoms with van der Waals surface area (Å²) in [5, 5.41) is 0. The molecule has 2 saturated heterocycles. The van der Waals surface area contributed by atoms with Crippen LogP contribution in [0.5, 0.6) is 17.2 Å². The lowest BCUT2D eigenvalue weighted by Gasteiger charge is -2.56. The zero-order valence-electron chi connectivity index (χ0n) is 36.9. The first-order valence-corrected chi connectivity index (χ1v) is 21.3. The second-order valence-electron chi connectivity index (χ2n) is 18.6. The Balaban J connectivity index is 1.40. The van der Waals surface area contributed by atoms with Gasteiger partial charge in [0.25, 0.3) is 0 Å². The van der Waals surface area contributed by atoms with Crippen molar-refractivity contribution in [2.75, 3.05) is 40.3 Å². The van der Waals surface area contributed by atoms with Gasteiger partial charge in [0.05, 0.1) is 24.7 Å². The van der Waals surface area contributed by atoms with Crippen molar-refractivity contribution in [3.63, 3.8) is 0 Å². The second kappa shape index (κ2) is 15.9. The quantitative estimate of drug-likeness (QED) is 0.0926. The van der Waals surface area contributed by atoms with Gasteiger partial charge < -0.3 is 33.5 Å². The Labute approximate surface area is 353 Å². The fourth-order valence-electron chi connectivity index (χ4n) is 10.0. The van der Waals surface area contributed by atoms with E-state index in [1.807, 2.05) is 59.9 Å². The molecule has 0 N–H and O–H groups in total. The molecular weight excluding hydrogens is 765 g/mol. The minimum Gasteiger partial charge on any atom is -0.482 e. The van der Waals surface area contributed by atoms with Crippen LogP contribution in [-0.2, 0) is 35.1 Å². The van der Waals surface area contributed by atoms with E-state index in [1.165, 1.54) is 12.7 Å². The molecule has 1 aromatic rings. The van der Waals surface area contributed by atoms with Crippen LogP contribution in [0, 0.1) is 11.8 Å². The molecule has 7 aliphatic rings. The second-order valence-corrected chi connectivity index (χ2v) is 18.6. The van der Waals surface area contributed by atoms with Gasteiger partial charge in [-0.2, -0.15) is 0 Å². The van der Waals surface area contributed by atoms with E-state index in [1.54, 1.807) is 24.0 Å². The number of ketones is 2. The van der Waals surface area contributed by atoms with Crippen molar-refractivity contribution in [2.45, 2.75) is 123 Å². The predicted octanol–water partition coefficient (Wildman–Crippen LogP) is 7.08. The largest absolute Gasteiger partial charge is 0.482 e. The third-order valence-electron chi connectivity index (χ3n) is 13.2. The van der Waals surface area contributed by atoms with E-state index in [0.29, 0.717) is 54.8 Å². The number of fused-ring (bicyclic) bond motifs is 2. The standard InChI is InChI=1S/C48H60N2O10/c1-28(2)12-11-19-46(8)20-18-33-40(58-46)32(14-13-29(3)4)42-38(41(33)57-37(52)16-15-36(51)50-24-22-49(9)23-25-50)39(53)34-26-31-27-35-45(6,7)60-47(43(31)54,48(34,35)59-42)21-17-30(5)44(55)56-10/h12-13,17-18,20,26,31,35H,11,14-16,19,21-25,27H2,1-10H3/b30-17-. The van der Waals surface area contributed by atoms with E-state index in [2.05, 4.69) is 24.8 Å². The first-order valence-electron chi connectivity index (χ1n) is 21.3. The van der Waals surface area contributed by atoms with Gasteiger partial charge in [-0.1, -0.05) is 35.5 Å². The van der Waals surface area contributed by atoms with Crippen molar-refractivity contribution in [1.82, 2.24) is 9.80 Å². The van der Waals surface area contributed by atoms with Crippen LogP contribution < -0.4 is 14.2 Å². The third kappa shape index (κ3) is 7.27. The molecule has 3 fully saturated rings. The van der Waals surface area contributed by atoms with Gasteiger partial charge >= 0.3 is 11.9 Å². The maximum absolute atomic E-state index is 15.6. The van der Waals surface area contributed by atoms with Crippen LogP contribution in [0.3, 0.4) is 0 Å². The number of rotatable bonds is 12. The Bertz CT molecular complexity index is 2180. The highest BCUT2D eigenvalue weighted by atomic mass is 16.6. The number of methoxy groups -OCH3 is 1. The zero-order chi connectivity index (χ0) is 43.5. The molecule has 1 spiro atoms. The van der Waals surface area contributed by atoms with Crippen molar-refractivity contribution >= 4 is 35.5 Å². The Morgan fingerprint density at radius 3 is 2.28 bits per heavy atom. The average molecular weight is 825 g/mol. The minimum atomic E-state index is -1.67. The molecular formula is C48H60N2O10. The topological polar surface area (TPSA) is 138 Å². The van der Waals surface area contributed by atoms with Gasteiger partial charge in [-0.05, 0) is 100 Å². The lowest BCUT2D eigenvalue weighted by molar-refractivity contribution is -0.171. The van der Waals surface area contributed by atoms with Crippen molar-refractivity contribution < 1.29 is 47.7 Å². The summed E-state index contributed by atoms with van der Waals surface area (Å²) in [5.41, 5.74) is -1.08. The monoisotopic (exact) mass is 824 g/mol. The lowest BCUT2D eigenvalue weighted by Crippen LogP contribution is -2.72. The normalized spacial score (nSPS) is 28.4. The zero-order valence-corrected chi connectivity index (χ0v) is 36.9. The fourth-order valence-corrected chi connectivity index (χ4v) is 10.0. The minimum absolute atomic E-state index is 0.00266. The highest BCUT2D eigenvalue weighted by Crippen LogP contribution is 2.69. The summed E-state index contributed by atoms with van der Waals surface area (Å²) in [6, 6.07) is 0. The number of carbonyl (C=O) groups excluding carboxylic acids is 5. The number of Topliss-reactive ketones (excluding diaryl/α,β-unsaturated/α-hetero) is 2. The van der Waals surface area contributed by atoms with Gasteiger partial charge in [-0.25, -0.2) is 4.79 Å². The first kappa shape index (κ1) is 43.3. The summed E-state index contributed by atoms with van der Waals surface area (Å²) < 4.78 is 32.6. The van der Waals surface area contributed by atoms with Crippen LogP contribution >= 0.6 is 0 Å². The Hall–Kier alpha value is -4.81. The molecule has 5 unspecified atom stereocenters. The third-order valence-corrected chi connectivity index (χ3v) is 13.2. The molecule has 8 rings (SSSR count). The molecule has 1 aromatic carbocycles. The molecule has 1 saturated carbocycles. The summed E-state index contributed by atoms with van der Waals surface area (Å²) in [5.74, 6) is -2.49. The molecule has 3 aliphatic carbocycles. The van der Waals surface area contributed by atoms with Crippen molar-refractivity contribution in [3.8, 4) is 17.2 Å². The number of benzene rings is 1. The number of ether oxygens (including phenoxy) is 5. The smallest absolute Gasteiger partial charge is 0.333 e. The summed E-state index contributed by atoms with van der Waals surface area (Å²) >= 11 is 0. The number of esters is 2. The molecule has 0 radical (unpaired) electrons. The van der Waals surface area contributed by atoms with E-state index in [4.69, 9.17) is 23.7 Å². The van der Waals surface area contributed by atoms with Gasteiger partial charge in [-0.3, -0.25) is 19.2 Å². The first-order chi connectivity index (χ1) is 28.3. The number of nitrogens with zero attached hydrogens (tertiary/aromatic N) is 2. The summed E-state index contributed by atoms with van der Waals surface area (Å²) in [7, 11) is 3.31. The van der Waals surface area contributed by atoms with Crippen LogP contribution in [-0.4, -0.2) is 102 Å². The number of hydrogen-bond donors (Lipinski definition) is 0. The highest BCUT2D eigenvalue weighted by Gasteiger charge is 2.81. The van der Waals surface area contributed by atoms with E-state index in [0.717, 1.165) is 25.1 Å². The van der Waals surface area contributed by atoms with Crippen LogP contribution in [0.4, 0.5) is 0 Å². The SMILES string of the molecule is COC(=O)/C(C)=C\CC12OC(C)(C)C3CC(C=C4C(=O)c5c(OC(=O)CCC(=O)N6CCN(C)CC6)c6c(c(CC=C(C)C)c5OC431)OC(C)(CCC=C(C)C)C=C6)C2=O. The summed E-state index contributed by atoms with van der Waals surface area (Å²) in [4.78, 5) is 74.0. The summed E-state index contributed by atoms with van der Waals surface area (Å²) in [6.07, 6.45) is 13.2. The lowest BCUT2D eigenvalue weighted by atomic mass is 9.51. The van der Waals surface area contributed by atoms with Gasteiger partial charge in [0, 0.05) is 67.6 Å². The number of piperazine rings is 1. The molecule has 322 valence electrons. The maximum Gasteiger partial charge on any atom is 0.333 e. The van der Waals surface area contributed by atoms with E-state index in [-0.39, 0.29) is 53.6 Å². The van der Waals surface area contributed by atoms with Crippen LogP contribution in [0.2, 0.25) is 0 Å². The Morgan fingerprint density at radius 1 is 0.917 bits per heavy atom. The molecule has 60 heavy (non-hydrogen) atoms. The Morgan fingerprint density at radius 2 is 1.62 bits per heavy atom. The number of amides is 1. The van der Waals surface area contributed by atoms with Crippen molar-refractivity contribution in [3.05, 3.63) is 69.4 Å². The van der Waals surface area contributed by atoms with Gasteiger partial charge in [0.2, 0.25) is 5.91 Å². The van der Waals surface area contributed by atoms with Crippen LogP contribution in [0.25, 0.3) is 6.08 Å². The molecule has 5 atom stereocenters. The van der Waals surface area contributed by atoms with E-state index >= 15 is 4.79 Å². The number of likely N-dealkylation sites (N-methyl/N-ethyl adjacent to an activating group) is 1. The molecule has 4 aliphatic heterocycles. The predicted molar refractivity (Wildman–Crippen MR) is 226 cm³/mol. The van der Waals surface area contributed by atoms with Crippen molar-refractivity contribution in [2.24, 2.45) is 11.8 Å². The number of carbonyl (C=O) groups is 5. The molecule has 4 heterocycles. The Kier molecular flexibility index (Phi) is 11.5. The average Bonchev–Trinajstić information content (AvgIpc) is 3.35. The fraction of sp³-hybridized carbons (Fsp3) is 0.562. The van der Waals surface area contributed by atoms with E-state index in [9.17, 15) is 19.2 Å². The molecule has 12 heteroatoms. The van der Waals surface area contributed by atoms with Gasteiger partial charge in [0.1, 0.15) is 22.7 Å². The van der Waals surface area contributed by atoms with Gasteiger partial charge in [0.15, 0.2) is 28.5 Å².